The monoisotopic (exact) mass is 222 g/mol. The minimum atomic E-state index is 0.108. The Morgan fingerprint density at radius 3 is 2.75 bits per heavy atom. The summed E-state index contributed by atoms with van der Waals surface area (Å²) in [4.78, 5) is 11.6. The largest absolute Gasteiger partial charge is 0.316 e. The number of hydrogen-bond acceptors (Lipinski definition) is 2. The molecule has 0 fully saturated rings. The molecule has 1 aromatic rings. The molecule has 1 heterocycles. The van der Waals surface area contributed by atoms with Crippen molar-refractivity contribution in [3.05, 3.63) is 34.2 Å². The normalized spacial score (nSPS) is 11.0. The van der Waals surface area contributed by atoms with Crippen LogP contribution in [0, 0.1) is 6.92 Å². The second kappa shape index (κ2) is 6.48. The predicted molar refractivity (Wildman–Crippen MR) is 67.8 cm³/mol. The lowest BCUT2D eigenvalue weighted by Crippen LogP contribution is -2.24. The first-order valence-electron chi connectivity index (χ1n) is 6.00. The molecule has 0 saturated carbocycles. The summed E-state index contributed by atoms with van der Waals surface area (Å²) in [7, 11) is 0. The van der Waals surface area contributed by atoms with E-state index in [0.29, 0.717) is 6.04 Å². The zero-order chi connectivity index (χ0) is 12.0. The third-order valence-electron chi connectivity index (χ3n) is 2.53. The summed E-state index contributed by atoms with van der Waals surface area (Å²) >= 11 is 0. The Morgan fingerprint density at radius 2 is 2.12 bits per heavy atom. The van der Waals surface area contributed by atoms with Crippen molar-refractivity contribution in [2.45, 2.75) is 46.2 Å². The highest BCUT2D eigenvalue weighted by Gasteiger charge is 1.96. The summed E-state index contributed by atoms with van der Waals surface area (Å²) in [6.07, 6.45) is 4.04. The summed E-state index contributed by atoms with van der Waals surface area (Å²) in [5, 5.41) is 3.37. The fourth-order valence-corrected chi connectivity index (χ4v) is 1.59. The van der Waals surface area contributed by atoms with E-state index < -0.39 is 0 Å². The van der Waals surface area contributed by atoms with E-state index in [1.165, 1.54) is 0 Å². The first kappa shape index (κ1) is 13.0. The van der Waals surface area contributed by atoms with Crippen molar-refractivity contribution in [3.8, 4) is 0 Å². The predicted octanol–water partition coefficient (Wildman–Crippen LogP) is 1.93. The minimum absolute atomic E-state index is 0.108. The lowest BCUT2D eigenvalue weighted by molar-refractivity contribution is 0.526. The Bertz CT molecular complexity index is 368. The first-order chi connectivity index (χ1) is 7.59. The number of hydrogen-bond donors (Lipinski definition) is 1. The van der Waals surface area contributed by atoms with Gasteiger partial charge in [-0.3, -0.25) is 4.79 Å². The van der Waals surface area contributed by atoms with Crippen molar-refractivity contribution in [3.63, 3.8) is 0 Å². The summed E-state index contributed by atoms with van der Waals surface area (Å²) in [6, 6.07) is 4.21. The van der Waals surface area contributed by atoms with Gasteiger partial charge in [0.25, 0.3) is 5.56 Å². The van der Waals surface area contributed by atoms with Crippen molar-refractivity contribution in [2.24, 2.45) is 0 Å². The average molecular weight is 222 g/mol. The molecule has 0 radical (unpaired) electrons. The van der Waals surface area contributed by atoms with Crippen LogP contribution in [0.25, 0.3) is 0 Å². The molecule has 3 nitrogen and oxygen atoms in total. The molecule has 90 valence electrons. The fraction of sp³-hybridized carbons (Fsp3) is 0.615. The van der Waals surface area contributed by atoms with Gasteiger partial charge in [-0.2, -0.15) is 0 Å². The third kappa shape index (κ3) is 4.62. The molecule has 1 rings (SSSR count). The zero-order valence-corrected chi connectivity index (χ0v) is 10.5. The number of nitrogens with one attached hydrogen (secondary N) is 1. The Hall–Kier alpha value is -1.09. The van der Waals surface area contributed by atoms with Crippen molar-refractivity contribution in [2.75, 3.05) is 6.54 Å². The summed E-state index contributed by atoms with van der Waals surface area (Å²) in [5.74, 6) is 0. The van der Waals surface area contributed by atoms with Gasteiger partial charge in [0.2, 0.25) is 0 Å². The maximum atomic E-state index is 11.6. The van der Waals surface area contributed by atoms with E-state index in [0.717, 1.165) is 31.5 Å². The van der Waals surface area contributed by atoms with Gasteiger partial charge in [0.15, 0.2) is 0 Å². The molecule has 0 aliphatic heterocycles. The van der Waals surface area contributed by atoms with Gasteiger partial charge in [-0.05, 0) is 37.9 Å². The number of unbranched alkanes of at least 4 members (excludes halogenated alkanes) is 1. The van der Waals surface area contributed by atoms with E-state index in [1.807, 2.05) is 19.2 Å². The topological polar surface area (TPSA) is 34.0 Å². The molecule has 0 unspecified atom stereocenters. The Balaban J connectivity index is 2.30. The molecular formula is C13H22N2O. The highest BCUT2D eigenvalue weighted by Crippen LogP contribution is 1.95. The van der Waals surface area contributed by atoms with Gasteiger partial charge >= 0.3 is 0 Å². The lowest BCUT2D eigenvalue weighted by Gasteiger charge is -2.08. The van der Waals surface area contributed by atoms with Gasteiger partial charge in [0, 0.05) is 24.8 Å². The molecule has 3 heteroatoms. The highest BCUT2D eigenvalue weighted by atomic mass is 16.1. The smallest absolute Gasteiger partial charge is 0.250 e. The molecule has 1 N–H and O–H groups in total. The van der Waals surface area contributed by atoms with Crippen LogP contribution in [-0.2, 0) is 6.54 Å². The second-order valence-corrected chi connectivity index (χ2v) is 4.55. The molecule has 16 heavy (non-hydrogen) atoms. The maximum absolute atomic E-state index is 11.6. The van der Waals surface area contributed by atoms with Gasteiger partial charge in [-0.15, -0.1) is 0 Å². The number of aryl methyl sites for hydroxylation is 2. The van der Waals surface area contributed by atoms with Crippen molar-refractivity contribution < 1.29 is 0 Å². The van der Waals surface area contributed by atoms with Crippen molar-refractivity contribution in [1.29, 1.82) is 0 Å². The molecule has 0 aromatic carbocycles. The summed E-state index contributed by atoms with van der Waals surface area (Å²) in [6.45, 7) is 8.07. The first-order valence-corrected chi connectivity index (χ1v) is 6.00. The molecular weight excluding hydrogens is 200 g/mol. The highest BCUT2D eigenvalue weighted by molar-refractivity contribution is 5.07. The Morgan fingerprint density at radius 1 is 1.38 bits per heavy atom. The van der Waals surface area contributed by atoms with Crippen LogP contribution in [0.5, 0.6) is 0 Å². The van der Waals surface area contributed by atoms with Gasteiger partial charge in [0.05, 0.1) is 0 Å². The van der Waals surface area contributed by atoms with Gasteiger partial charge in [0.1, 0.15) is 0 Å². The molecule has 0 amide bonds. The lowest BCUT2D eigenvalue weighted by atomic mass is 10.2. The van der Waals surface area contributed by atoms with Gasteiger partial charge < -0.3 is 9.88 Å². The number of nitrogens with zero attached hydrogens (tertiary/aromatic N) is 1. The quantitative estimate of drug-likeness (QED) is 0.746. The van der Waals surface area contributed by atoms with Crippen LogP contribution in [0.3, 0.4) is 0 Å². The molecule has 0 atom stereocenters. The van der Waals surface area contributed by atoms with Crippen molar-refractivity contribution >= 4 is 0 Å². The summed E-state index contributed by atoms with van der Waals surface area (Å²) in [5.41, 5.74) is 1.14. The molecule has 0 bridgehead atoms. The second-order valence-electron chi connectivity index (χ2n) is 4.55. The van der Waals surface area contributed by atoms with Crippen LogP contribution in [0.15, 0.2) is 23.1 Å². The standard InChI is InChI=1S/C13H22N2O/c1-11(2)14-7-4-5-8-15-9-6-12(3)10-13(15)16/h6,9-11,14H,4-5,7-8H2,1-3H3. The van der Waals surface area contributed by atoms with E-state index in [4.69, 9.17) is 0 Å². The van der Waals surface area contributed by atoms with E-state index in [2.05, 4.69) is 19.2 Å². The summed E-state index contributed by atoms with van der Waals surface area (Å²) < 4.78 is 1.78. The maximum Gasteiger partial charge on any atom is 0.250 e. The van der Waals surface area contributed by atoms with Gasteiger partial charge in [-0.1, -0.05) is 13.8 Å². The van der Waals surface area contributed by atoms with Crippen LogP contribution >= 0.6 is 0 Å². The van der Waals surface area contributed by atoms with E-state index >= 15 is 0 Å². The SMILES string of the molecule is Cc1ccn(CCCCNC(C)C)c(=O)c1. The molecule has 0 saturated heterocycles. The van der Waals surface area contributed by atoms with Crippen LogP contribution in [0.4, 0.5) is 0 Å². The minimum Gasteiger partial charge on any atom is -0.316 e. The molecule has 1 aromatic heterocycles. The number of aromatic nitrogens is 1. The third-order valence-corrected chi connectivity index (χ3v) is 2.53. The number of pyridine rings is 1. The fourth-order valence-electron chi connectivity index (χ4n) is 1.59. The Kier molecular flexibility index (Phi) is 5.26. The van der Waals surface area contributed by atoms with E-state index in [1.54, 1.807) is 10.6 Å². The molecule has 0 aliphatic carbocycles. The number of rotatable bonds is 6. The molecule has 0 aliphatic rings. The van der Waals surface area contributed by atoms with Crippen LogP contribution in [0.2, 0.25) is 0 Å². The van der Waals surface area contributed by atoms with Crippen LogP contribution < -0.4 is 10.9 Å². The van der Waals surface area contributed by atoms with Crippen LogP contribution in [0.1, 0.15) is 32.3 Å². The Labute approximate surface area is 97.5 Å². The van der Waals surface area contributed by atoms with E-state index in [9.17, 15) is 4.79 Å². The van der Waals surface area contributed by atoms with Crippen molar-refractivity contribution in [1.82, 2.24) is 9.88 Å². The average Bonchev–Trinajstić information content (AvgIpc) is 2.20. The zero-order valence-electron chi connectivity index (χ0n) is 10.5. The van der Waals surface area contributed by atoms with E-state index in [-0.39, 0.29) is 5.56 Å². The van der Waals surface area contributed by atoms with Gasteiger partial charge in [-0.25, -0.2) is 0 Å². The molecule has 0 spiro atoms. The van der Waals surface area contributed by atoms with Crippen LogP contribution in [-0.4, -0.2) is 17.2 Å².